The zero-order valence-corrected chi connectivity index (χ0v) is 14.2. The summed E-state index contributed by atoms with van der Waals surface area (Å²) < 4.78 is 4.01. The van der Waals surface area contributed by atoms with Crippen LogP contribution in [0.4, 0.5) is 0 Å². The molecule has 2 N–H and O–H groups in total. The van der Waals surface area contributed by atoms with Gasteiger partial charge < -0.3 is 10.6 Å². The maximum absolute atomic E-state index is 12.9. The fraction of sp³-hybridized carbons (Fsp3) is 0.800. The minimum absolute atomic E-state index is 0.0814. The van der Waals surface area contributed by atoms with Crippen LogP contribution in [0.2, 0.25) is 0 Å². The lowest BCUT2D eigenvalue weighted by atomic mass is 9.89. The van der Waals surface area contributed by atoms with Crippen LogP contribution in [0.3, 0.4) is 0 Å². The highest BCUT2D eigenvalue weighted by atomic mass is 32.1. The van der Waals surface area contributed by atoms with E-state index in [2.05, 4.69) is 30.4 Å². The van der Waals surface area contributed by atoms with Crippen molar-refractivity contribution in [3.63, 3.8) is 0 Å². The van der Waals surface area contributed by atoms with Gasteiger partial charge in [0, 0.05) is 24.0 Å². The molecule has 0 aromatic carbocycles. The fourth-order valence-electron chi connectivity index (χ4n) is 2.93. The standard InChI is InChI=1S/C15H26N4OS/c1-5-19(11-8-6-10(16)7-9-11)14(20)12-13(15(2,3)4)17-18-21-12/h10-11H,5-9,16H2,1-4H3. The summed E-state index contributed by atoms with van der Waals surface area (Å²) >= 11 is 1.22. The summed E-state index contributed by atoms with van der Waals surface area (Å²) in [7, 11) is 0. The van der Waals surface area contributed by atoms with Gasteiger partial charge in [0.15, 0.2) is 0 Å². The summed E-state index contributed by atoms with van der Waals surface area (Å²) in [4.78, 5) is 15.6. The lowest BCUT2D eigenvalue weighted by Gasteiger charge is -2.35. The molecule has 1 heterocycles. The second-order valence-corrected chi connectivity index (χ2v) is 7.61. The Bertz CT molecular complexity index is 486. The van der Waals surface area contributed by atoms with E-state index in [1.807, 2.05) is 11.8 Å². The van der Waals surface area contributed by atoms with Crippen LogP contribution < -0.4 is 5.73 Å². The van der Waals surface area contributed by atoms with Gasteiger partial charge in [-0.1, -0.05) is 25.3 Å². The molecule has 2 rings (SSSR count). The van der Waals surface area contributed by atoms with Gasteiger partial charge in [0.1, 0.15) is 4.88 Å². The van der Waals surface area contributed by atoms with Crippen LogP contribution in [0.15, 0.2) is 0 Å². The fourth-order valence-corrected chi connectivity index (χ4v) is 3.77. The molecular formula is C15H26N4OS. The van der Waals surface area contributed by atoms with Gasteiger partial charge in [0.05, 0.1) is 5.69 Å². The summed E-state index contributed by atoms with van der Waals surface area (Å²) in [6.07, 6.45) is 4.00. The molecule has 6 heteroatoms. The van der Waals surface area contributed by atoms with Crippen LogP contribution >= 0.6 is 11.5 Å². The third-order valence-corrected chi connectivity index (χ3v) is 4.89. The predicted octanol–water partition coefficient (Wildman–Crippen LogP) is 2.57. The van der Waals surface area contributed by atoms with Crippen molar-refractivity contribution in [3.8, 4) is 0 Å². The Balaban J connectivity index is 2.19. The van der Waals surface area contributed by atoms with Crippen molar-refractivity contribution in [2.24, 2.45) is 5.73 Å². The maximum Gasteiger partial charge on any atom is 0.267 e. The molecule has 1 aliphatic carbocycles. The van der Waals surface area contributed by atoms with Gasteiger partial charge in [-0.3, -0.25) is 4.79 Å². The molecule has 0 unspecified atom stereocenters. The van der Waals surface area contributed by atoms with E-state index in [4.69, 9.17) is 5.73 Å². The van der Waals surface area contributed by atoms with Gasteiger partial charge in [-0.15, -0.1) is 5.10 Å². The van der Waals surface area contributed by atoms with E-state index >= 15 is 0 Å². The third-order valence-electron chi connectivity index (χ3n) is 4.18. The number of nitrogens with two attached hydrogens (primary N) is 1. The molecule has 0 atom stereocenters. The Morgan fingerprint density at radius 2 is 1.95 bits per heavy atom. The molecule has 0 aliphatic heterocycles. The van der Waals surface area contributed by atoms with Crippen LogP contribution in [-0.4, -0.2) is 39.0 Å². The van der Waals surface area contributed by atoms with Crippen LogP contribution in [0.1, 0.15) is 68.7 Å². The highest BCUT2D eigenvalue weighted by molar-refractivity contribution is 7.08. The Morgan fingerprint density at radius 1 is 1.33 bits per heavy atom. The molecule has 1 amide bonds. The monoisotopic (exact) mass is 310 g/mol. The van der Waals surface area contributed by atoms with Gasteiger partial charge in [-0.25, -0.2) is 0 Å². The number of amides is 1. The maximum atomic E-state index is 12.9. The lowest BCUT2D eigenvalue weighted by Crippen LogP contribution is -2.44. The zero-order chi connectivity index (χ0) is 15.6. The Hall–Kier alpha value is -1.01. The number of rotatable bonds is 3. The van der Waals surface area contributed by atoms with E-state index in [1.54, 1.807) is 0 Å². The van der Waals surface area contributed by atoms with Gasteiger partial charge in [0.2, 0.25) is 0 Å². The first kappa shape index (κ1) is 16.4. The summed E-state index contributed by atoms with van der Waals surface area (Å²) in [5.74, 6) is 0.0814. The van der Waals surface area contributed by atoms with E-state index in [0.717, 1.165) is 37.9 Å². The summed E-state index contributed by atoms with van der Waals surface area (Å²) in [5.41, 5.74) is 6.62. The van der Waals surface area contributed by atoms with Crippen molar-refractivity contribution in [2.75, 3.05) is 6.54 Å². The highest BCUT2D eigenvalue weighted by Crippen LogP contribution is 2.29. The van der Waals surface area contributed by atoms with Crippen molar-refractivity contribution in [3.05, 3.63) is 10.6 Å². The van der Waals surface area contributed by atoms with E-state index < -0.39 is 0 Å². The highest BCUT2D eigenvalue weighted by Gasteiger charge is 2.32. The normalized spacial score (nSPS) is 23.1. The van der Waals surface area contributed by atoms with Crippen LogP contribution in [0.25, 0.3) is 0 Å². The van der Waals surface area contributed by atoms with Gasteiger partial charge in [-0.05, 0) is 44.1 Å². The molecule has 0 radical (unpaired) electrons. The van der Waals surface area contributed by atoms with Gasteiger partial charge >= 0.3 is 0 Å². The first-order valence-corrected chi connectivity index (χ1v) is 8.51. The number of carbonyl (C=O) groups is 1. The lowest BCUT2D eigenvalue weighted by molar-refractivity contribution is 0.0643. The quantitative estimate of drug-likeness (QED) is 0.931. The Kier molecular flexibility index (Phi) is 4.99. The van der Waals surface area contributed by atoms with Crippen molar-refractivity contribution < 1.29 is 4.79 Å². The molecule has 0 saturated heterocycles. The van der Waals surface area contributed by atoms with Crippen molar-refractivity contribution in [2.45, 2.75) is 70.9 Å². The zero-order valence-electron chi connectivity index (χ0n) is 13.4. The summed E-state index contributed by atoms with van der Waals surface area (Å²) in [6, 6.07) is 0.600. The van der Waals surface area contributed by atoms with E-state index in [0.29, 0.717) is 17.0 Å². The predicted molar refractivity (Wildman–Crippen MR) is 85.6 cm³/mol. The van der Waals surface area contributed by atoms with Crippen molar-refractivity contribution >= 4 is 17.4 Å². The average molecular weight is 310 g/mol. The van der Waals surface area contributed by atoms with Crippen LogP contribution in [-0.2, 0) is 5.41 Å². The number of nitrogens with zero attached hydrogens (tertiary/aromatic N) is 3. The van der Waals surface area contributed by atoms with Crippen LogP contribution in [0.5, 0.6) is 0 Å². The van der Waals surface area contributed by atoms with E-state index in [-0.39, 0.29) is 11.3 Å². The Morgan fingerprint density at radius 3 is 2.48 bits per heavy atom. The molecule has 1 aromatic rings. The minimum Gasteiger partial charge on any atom is -0.335 e. The molecule has 21 heavy (non-hydrogen) atoms. The first-order valence-electron chi connectivity index (χ1n) is 7.74. The Labute approximate surface area is 131 Å². The summed E-state index contributed by atoms with van der Waals surface area (Å²) in [6.45, 7) is 8.96. The molecule has 0 spiro atoms. The SMILES string of the molecule is CCN(C(=O)c1snnc1C(C)(C)C)C1CCC(N)CC1. The molecule has 1 aromatic heterocycles. The molecule has 1 aliphatic rings. The second-order valence-electron chi connectivity index (χ2n) is 6.86. The molecule has 1 fully saturated rings. The second kappa shape index (κ2) is 6.40. The largest absolute Gasteiger partial charge is 0.335 e. The molecule has 5 nitrogen and oxygen atoms in total. The molecular weight excluding hydrogens is 284 g/mol. The molecule has 0 bridgehead atoms. The average Bonchev–Trinajstić information content (AvgIpc) is 2.91. The number of hydrogen-bond acceptors (Lipinski definition) is 5. The minimum atomic E-state index is -0.160. The molecule has 118 valence electrons. The van der Waals surface area contributed by atoms with Crippen LogP contribution in [0, 0.1) is 0 Å². The number of carbonyl (C=O) groups excluding carboxylic acids is 1. The summed E-state index contributed by atoms with van der Waals surface area (Å²) in [5, 5.41) is 4.18. The van der Waals surface area contributed by atoms with Gasteiger partial charge in [0.25, 0.3) is 5.91 Å². The first-order chi connectivity index (χ1) is 9.84. The van der Waals surface area contributed by atoms with E-state index in [1.165, 1.54) is 11.5 Å². The van der Waals surface area contributed by atoms with Gasteiger partial charge in [-0.2, -0.15) is 0 Å². The van der Waals surface area contributed by atoms with Crippen molar-refractivity contribution in [1.29, 1.82) is 0 Å². The number of aromatic nitrogens is 2. The molecule has 1 saturated carbocycles. The van der Waals surface area contributed by atoms with Crippen molar-refractivity contribution in [1.82, 2.24) is 14.5 Å². The van der Waals surface area contributed by atoms with E-state index in [9.17, 15) is 4.79 Å². The third kappa shape index (κ3) is 3.61. The number of hydrogen-bond donors (Lipinski definition) is 1. The smallest absolute Gasteiger partial charge is 0.267 e. The topological polar surface area (TPSA) is 72.1 Å².